The molecule has 7 nitrogen and oxygen atoms in total. The predicted octanol–water partition coefficient (Wildman–Crippen LogP) is 2.32. The lowest BCUT2D eigenvalue weighted by Crippen LogP contribution is -2.31. The number of rotatable bonds is 5. The molecule has 136 valence electrons. The van der Waals surface area contributed by atoms with Gasteiger partial charge in [0, 0.05) is 38.7 Å². The van der Waals surface area contributed by atoms with Crippen molar-refractivity contribution < 1.29 is 4.79 Å². The van der Waals surface area contributed by atoms with Gasteiger partial charge in [-0.2, -0.15) is 10.2 Å². The first-order chi connectivity index (χ1) is 12.4. The molecule has 0 N–H and O–H groups in total. The minimum Gasteiger partial charge on any atom is -0.328 e. The second kappa shape index (κ2) is 7.11. The van der Waals surface area contributed by atoms with Crippen molar-refractivity contribution in [3.8, 4) is 0 Å². The van der Waals surface area contributed by atoms with Gasteiger partial charge in [0.15, 0.2) is 0 Å². The second-order valence-electron chi connectivity index (χ2n) is 6.59. The van der Waals surface area contributed by atoms with Gasteiger partial charge in [0.1, 0.15) is 0 Å². The highest BCUT2D eigenvalue weighted by Crippen LogP contribution is 2.19. The van der Waals surface area contributed by atoms with E-state index in [-0.39, 0.29) is 5.91 Å². The van der Waals surface area contributed by atoms with Crippen molar-refractivity contribution in [2.45, 2.75) is 33.9 Å². The number of pyridine rings is 1. The highest BCUT2D eigenvalue weighted by molar-refractivity contribution is 5.96. The summed E-state index contributed by atoms with van der Waals surface area (Å²) < 4.78 is 3.57. The van der Waals surface area contributed by atoms with Gasteiger partial charge in [-0.3, -0.25) is 19.1 Å². The van der Waals surface area contributed by atoms with Gasteiger partial charge in [0.05, 0.1) is 29.2 Å². The fraction of sp³-hybridized carbons (Fsp3) is 0.368. The molecule has 0 aliphatic heterocycles. The number of nitrogens with zero attached hydrogens (tertiary/aromatic N) is 6. The van der Waals surface area contributed by atoms with Crippen LogP contribution in [0, 0.1) is 20.8 Å². The first kappa shape index (κ1) is 17.8. The first-order valence-electron chi connectivity index (χ1n) is 8.54. The molecule has 3 heterocycles. The smallest absolute Gasteiger partial charge is 0.258 e. The molecule has 3 rings (SSSR count). The van der Waals surface area contributed by atoms with E-state index in [1.807, 2.05) is 62.6 Å². The standard InChI is InChI=1S/C19H24N6O/c1-13-9-17(24(5)21-13)12-25(11-16-7-6-8-20-10-16)19(26)18-14(2)22-23(4)15(18)3/h6-10H,11-12H2,1-5H3. The van der Waals surface area contributed by atoms with Crippen molar-refractivity contribution in [1.82, 2.24) is 29.4 Å². The summed E-state index contributed by atoms with van der Waals surface area (Å²) in [5.74, 6) is -0.0317. The Hall–Kier alpha value is -2.96. The Balaban J connectivity index is 1.96. The van der Waals surface area contributed by atoms with Crippen LogP contribution in [0.15, 0.2) is 30.6 Å². The molecule has 0 aliphatic rings. The molecule has 0 saturated carbocycles. The highest BCUT2D eigenvalue weighted by Gasteiger charge is 2.24. The monoisotopic (exact) mass is 352 g/mol. The maximum absolute atomic E-state index is 13.3. The van der Waals surface area contributed by atoms with Crippen molar-refractivity contribution >= 4 is 5.91 Å². The van der Waals surface area contributed by atoms with Gasteiger partial charge >= 0.3 is 0 Å². The summed E-state index contributed by atoms with van der Waals surface area (Å²) in [7, 11) is 3.75. The number of aryl methyl sites for hydroxylation is 4. The lowest BCUT2D eigenvalue weighted by Gasteiger charge is -2.23. The Labute approximate surface area is 153 Å². The number of hydrogen-bond donors (Lipinski definition) is 0. The van der Waals surface area contributed by atoms with Crippen LogP contribution in [0.3, 0.4) is 0 Å². The van der Waals surface area contributed by atoms with Crippen molar-refractivity contribution in [3.63, 3.8) is 0 Å². The Kier molecular flexibility index (Phi) is 4.88. The lowest BCUT2D eigenvalue weighted by atomic mass is 10.1. The normalized spacial score (nSPS) is 11.0. The van der Waals surface area contributed by atoms with E-state index in [4.69, 9.17) is 0 Å². The third kappa shape index (κ3) is 3.51. The van der Waals surface area contributed by atoms with E-state index in [1.165, 1.54) is 0 Å². The van der Waals surface area contributed by atoms with Crippen LogP contribution in [0.5, 0.6) is 0 Å². The van der Waals surface area contributed by atoms with Crippen LogP contribution in [-0.4, -0.2) is 35.4 Å². The fourth-order valence-electron chi connectivity index (χ4n) is 3.16. The van der Waals surface area contributed by atoms with Gasteiger partial charge in [0.2, 0.25) is 0 Å². The molecule has 0 aromatic carbocycles. The van der Waals surface area contributed by atoms with E-state index < -0.39 is 0 Å². The zero-order valence-electron chi connectivity index (χ0n) is 15.9. The molecule has 7 heteroatoms. The minimum atomic E-state index is -0.0317. The molecule has 0 spiro atoms. The molecule has 0 aliphatic carbocycles. The molecule has 0 saturated heterocycles. The summed E-state index contributed by atoms with van der Waals surface area (Å²) in [6.07, 6.45) is 3.52. The Morgan fingerprint density at radius 2 is 1.88 bits per heavy atom. The molecule has 3 aromatic rings. The fourth-order valence-corrected chi connectivity index (χ4v) is 3.16. The third-order valence-electron chi connectivity index (χ3n) is 4.56. The van der Waals surface area contributed by atoms with Crippen molar-refractivity contribution in [2.75, 3.05) is 0 Å². The molecule has 0 bridgehead atoms. The number of carbonyl (C=O) groups is 1. The maximum atomic E-state index is 13.3. The number of aromatic nitrogens is 5. The van der Waals surface area contributed by atoms with Crippen molar-refractivity contribution in [3.05, 3.63) is 64.5 Å². The summed E-state index contributed by atoms with van der Waals surface area (Å²) in [6, 6.07) is 5.87. The van der Waals surface area contributed by atoms with E-state index >= 15 is 0 Å². The summed E-state index contributed by atoms with van der Waals surface area (Å²) in [5, 5.41) is 8.78. The van der Waals surface area contributed by atoms with Gasteiger partial charge < -0.3 is 4.90 Å². The van der Waals surface area contributed by atoms with Gasteiger partial charge in [0.25, 0.3) is 5.91 Å². The Bertz CT molecular complexity index is 925. The van der Waals surface area contributed by atoms with Crippen molar-refractivity contribution in [2.24, 2.45) is 14.1 Å². The van der Waals surface area contributed by atoms with Gasteiger partial charge in [-0.25, -0.2) is 0 Å². The SMILES string of the molecule is Cc1cc(CN(Cc2cccnc2)C(=O)c2c(C)nn(C)c2C)n(C)n1. The molecule has 0 fully saturated rings. The number of amides is 1. The number of hydrogen-bond acceptors (Lipinski definition) is 4. The van der Waals surface area contributed by atoms with E-state index in [2.05, 4.69) is 15.2 Å². The van der Waals surface area contributed by atoms with E-state index in [0.717, 1.165) is 28.3 Å². The van der Waals surface area contributed by atoms with Gasteiger partial charge in [-0.15, -0.1) is 0 Å². The third-order valence-corrected chi connectivity index (χ3v) is 4.56. The zero-order chi connectivity index (χ0) is 18.8. The van der Waals surface area contributed by atoms with Crippen LogP contribution >= 0.6 is 0 Å². The summed E-state index contributed by atoms with van der Waals surface area (Å²) in [4.78, 5) is 19.3. The van der Waals surface area contributed by atoms with Crippen LogP contribution in [-0.2, 0) is 27.2 Å². The molecular weight excluding hydrogens is 328 g/mol. The van der Waals surface area contributed by atoms with Crippen LogP contribution in [0.1, 0.15) is 38.7 Å². The summed E-state index contributed by atoms with van der Waals surface area (Å²) in [5.41, 5.74) is 5.18. The molecule has 0 unspecified atom stereocenters. The average molecular weight is 352 g/mol. The number of carbonyl (C=O) groups excluding carboxylic acids is 1. The first-order valence-corrected chi connectivity index (χ1v) is 8.54. The topological polar surface area (TPSA) is 68.8 Å². The van der Waals surface area contributed by atoms with Gasteiger partial charge in [-0.05, 0) is 38.5 Å². The summed E-state index contributed by atoms with van der Waals surface area (Å²) >= 11 is 0. The van der Waals surface area contributed by atoms with E-state index in [9.17, 15) is 4.79 Å². The maximum Gasteiger partial charge on any atom is 0.258 e. The predicted molar refractivity (Wildman–Crippen MR) is 98.4 cm³/mol. The zero-order valence-corrected chi connectivity index (χ0v) is 15.9. The van der Waals surface area contributed by atoms with Crippen LogP contribution in [0.25, 0.3) is 0 Å². The minimum absolute atomic E-state index is 0.0317. The van der Waals surface area contributed by atoms with Crippen LogP contribution in [0.2, 0.25) is 0 Å². The molecule has 26 heavy (non-hydrogen) atoms. The lowest BCUT2D eigenvalue weighted by molar-refractivity contribution is 0.0724. The second-order valence-corrected chi connectivity index (χ2v) is 6.59. The Morgan fingerprint density at radius 1 is 1.12 bits per heavy atom. The van der Waals surface area contributed by atoms with E-state index in [0.29, 0.717) is 18.7 Å². The largest absolute Gasteiger partial charge is 0.328 e. The molecule has 1 amide bonds. The Morgan fingerprint density at radius 3 is 2.42 bits per heavy atom. The van der Waals surface area contributed by atoms with Gasteiger partial charge in [-0.1, -0.05) is 6.07 Å². The van der Waals surface area contributed by atoms with Crippen LogP contribution in [0.4, 0.5) is 0 Å². The van der Waals surface area contributed by atoms with Crippen molar-refractivity contribution in [1.29, 1.82) is 0 Å². The summed E-state index contributed by atoms with van der Waals surface area (Å²) in [6.45, 7) is 6.69. The van der Waals surface area contributed by atoms with Crippen LogP contribution < -0.4 is 0 Å². The average Bonchev–Trinajstić information content (AvgIpc) is 3.05. The molecule has 0 radical (unpaired) electrons. The molecule has 0 atom stereocenters. The van der Waals surface area contributed by atoms with E-state index in [1.54, 1.807) is 17.1 Å². The quantitative estimate of drug-likeness (QED) is 0.707. The molecule has 3 aromatic heterocycles. The molecular formula is C19H24N6O. The highest BCUT2D eigenvalue weighted by atomic mass is 16.2.